The smallest absolute Gasteiger partial charge is 0.326 e. The van der Waals surface area contributed by atoms with E-state index in [0.29, 0.717) is 6.42 Å². The molecule has 0 spiro atoms. The second kappa shape index (κ2) is 8.34. The Morgan fingerprint density at radius 1 is 1.29 bits per heavy atom. The van der Waals surface area contributed by atoms with Crippen molar-refractivity contribution in [1.29, 1.82) is 0 Å². The van der Waals surface area contributed by atoms with Crippen LogP contribution < -0.4 is 16.4 Å². The molecule has 0 heterocycles. The maximum absolute atomic E-state index is 11.2. The lowest BCUT2D eigenvalue weighted by Crippen LogP contribution is -2.46. The number of aliphatic carboxylic acids is 1. The molecular weight excluding hydrogens is 230 g/mol. The van der Waals surface area contributed by atoms with E-state index >= 15 is 0 Å². The lowest BCUT2D eigenvalue weighted by Gasteiger charge is -2.13. The summed E-state index contributed by atoms with van der Waals surface area (Å²) in [5.74, 6) is -1.68. The van der Waals surface area contributed by atoms with Crippen molar-refractivity contribution in [2.24, 2.45) is 5.73 Å². The molecule has 0 aliphatic rings. The van der Waals surface area contributed by atoms with E-state index in [1.165, 1.54) is 0 Å². The monoisotopic (exact) mass is 247 g/mol. The number of carboxylic acids is 1. The number of carboxylic acid groups (broad SMARTS) is 1. The SMILES string of the molecule is NC(=O)CCCNC(=O)NC(CCO)C(=O)O. The van der Waals surface area contributed by atoms with Crippen molar-refractivity contribution in [3.63, 3.8) is 0 Å². The summed E-state index contributed by atoms with van der Waals surface area (Å²) in [6.07, 6.45) is 0.476. The largest absolute Gasteiger partial charge is 0.480 e. The molecule has 0 rings (SSSR count). The van der Waals surface area contributed by atoms with Gasteiger partial charge >= 0.3 is 12.0 Å². The fraction of sp³-hybridized carbons (Fsp3) is 0.667. The van der Waals surface area contributed by atoms with Crippen LogP contribution in [-0.4, -0.2) is 47.3 Å². The van der Waals surface area contributed by atoms with Crippen LogP contribution in [0.5, 0.6) is 0 Å². The molecule has 0 aromatic heterocycles. The molecule has 0 aromatic rings. The molecule has 0 radical (unpaired) electrons. The fourth-order valence-electron chi connectivity index (χ4n) is 1.06. The van der Waals surface area contributed by atoms with E-state index in [-0.39, 0.29) is 26.0 Å². The molecule has 1 atom stereocenters. The highest BCUT2D eigenvalue weighted by Gasteiger charge is 2.18. The molecule has 8 nitrogen and oxygen atoms in total. The number of aliphatic hydroxyl groups excluding tert-OH is 1. The summed E-state index contributed by atoms with van der Waals surface area (Å²) in [5.41, 5.74) is 4.90. The topological polar surface area (TPSA) is 142 Å². The number of primary amides is 1. The predicted octanol–water partition coefficient (Wildman–Crippen LogP) is -1.61. The maximum atomic E-state index is 11.2. The van der Waals surface area contributed by atoms with Crippen molar-refractivity contribution in [3.8, 4) is 0 Å². The fourth-order valence-corrected chi connectivity index (χ4v) is 1.06. The number of carbonyl (C=O) groups excluding carboxylic acids is 2. The van der Waals surface area contributed by atoms with Crippen LogP contribution in [0.2, 0.25) is 0 Å². The van der Waals surface area contributed by atoms with Gasteiger partial charge in [0.2, 0.25) is 5.91 Å². The van der Waals surface area contributed by atoms with Gasteiger partial charge in [0.15, 0.2) is 0 Å². The molecule has 8 heteroatoms. The average Bonchev–Trinajstić information content (AvgIpc) is 2.23. The zero-order chi connectivity index (χ0) is 13.3. The van der Waals surface area contributed by atoms with E-state index in [2.05, 4.69) is 10.6 Å². The van der Waals surface area contributed by atoms with Gasteiger partial charge in [-0.2, -0.15) is 0 Å². The van der Waals surface area contributed by atoms with E-state index in [1.54, 1.807) is 0 Å². The third-order valence-electron chi connectivity index (χ3n) is 1.91. The van der Waals surface area contributed by atoms with Gasteiger partial charge in [-0.1, -0.05) is 0 Å². The van der Waals surface area contributed by atoms with E-state index in [1.807, 2.05) is 0 Å². The zero-order valence-corrected chi connectivity index (χ0v) is 9.31. The van der Waals surface area contributed by atoms with Gasteiger partial charge in [0.05, 0.1) is 0 Å². The number of nitrogens with two attached hydrogens (primary N) is 1. The van der Waals surface area contributed by atoms with Gasteiger partial charge < -0.3 is 26.6 Å². The average molecular weight is 247 g/mol. The summed E-state index contributed by atoms with van der Waals surface area (Å²) in [6, 6.07) is -1.79. The molecule has 0 fully saturated rings. The Hall–Kier alpha value is -1.83. The second-order valence-corrected chi connectivity index (χ2v) is 3.37. The molecule has 17 heavy (non-hydrogen) atoms. The first-order chi connectivity index (χ1) is 7.97. The van der Waals surface area contributed by atoms with Gasteiger partial charge in [0.25, 0.3) is 0 Å². The molecule has 98 valence electrons. The third kappa shape index (κ3) is 8.03. The third-order valence-corrected chi connectivity index (χ3v) is 1.91. The Kier molecular flexibility index (Phi) is 7.44. The van der Waals surface area contributed by atoms with Crippen LogP contribution in [0.1, 0.15) is 19.3 Å². The van der Waals surface area contributed by atoms with Gasteiger partial charge in [-0.15, -0.1) is 0 Å². The maximum Gasteiger partial charge on any atom is 0.326 e. The number of rotatable bonds is 8. The van der Waals surface area contributed by atoms with Gasteiger partial charge in [-0.25, -0.2) is 9.59 Å². The molecule has 0 saturated carbocycles. The van der Waals surface area contributed by atoms with Crippen LogP contribution in [0.15, 0.2) is 0 Å². The minimum atomic E-state index is -1.22. The molecule has 3 amide bonds. The predicted molar refractivity (Wildman–Crippen MR) is 58.1 cm³/mol. The Morgan fingerprint density at radius 3 is 2.41 bits per heavy atom. The van der Waals surface area contributed by atoms with Crippen molar-refractivity contribution < 1.29 is 24.6 Å². The number of urea groups is 1. The number of amides is 3. The first kappa shape index (κ1) is 15.2. The number of aliphatic hydroxyl groups is 1. The first-order valence-electron chi connectivity index (χ1n) is 5.13. The van der Waals surface area contributed by atoms with Crippen LogP contribution >= 0.6 is 0 Å². The van der Waals surface area contributed by atoms with E-state index < -0.39 is 23.9 Å². The van der Waals surface area contributed by atoms with Crippen LogP contribution in [0.25, 0.3) is 0 Å². The normalized spacial score (nSPS) is 11.6. The zero-order valence-electron chi connectivity index (χ0n) is 9.31. The van der Waals surface area contributed by atoms with Crippen LogP contribution in [0.3, 0.4) is 0 Å². The van der Waals surface area contributed by atoms with Gasteiger partial charge in [-0.05, 0) is 6.42 Å². The second-order valence-electron chi connectivity index (χ2n) is 3.37. The lowest BCUT2D eigenvalue weighted by atomic mass is 10.2. The number of nitrogens with one attached hydrogen (secondary N) is 2. The molecule has 0 bridgehead atoms. The Labute approximate surface area is 98.2 Å². The van der Waals surface area contributed by atoms with Crippen molar-refractivity contribution in [1.82, 2.24) is 10.6 Å². The van der Waals surface area contributed by atoms with Crippen molar-refractivity contribution >= 4 is 17.9 Å². The molecule has 0 saturated heterocycles. The minimum absolute atomic E-state index is 0.0654. The van der Waals surface area contributed by atoms with E-state index in [4.69, 9.17) is 15.9 Å². The van der Waals surface area contributed by atoms with Crippen molar-refractivity contribution in [2.75, 3.05) is 13.2 Å². The highest BCUT2D eigenvalue weighted by atomic mass is 16.4. The molecular formula is C9H17N3O5. The van der Waals surface area contributed by atoms with Gasteiger partial charge in [-0.3, -0.25) is 4.79 Å². The highest BCUT2D eigenvalue weighted by Crippen LogP contribution is 1.91. The summed E-state index contributed by atoms with van der Waals surface area (Å²) in [6.45, 7) is -0.112. The lowest BCUT2D eigenvalue weighted by molar-refractivity contribution is -0.139. The van der Waals surface area contributed by atoms with Gasteiger partial charge in [0.1, 0.15) is 6.04 Å². The van der Waals surface area contributed by atoms with E-state index in [9.17, 15) is 14.4 Å². The molecule has 1 unspecified atom stereocenters. The summed E-state index contributed by atoms with van der Waals surface area (Å²) in [7, 11) is 0. The Balaban J connectivity index is 3.82. The quantitative estimate of drug-likeness (QED) is 0.328. The van der Waals surface area contributed by atoms with Crippen LogP contribution in [-0.2, 0) is 9.59 Å². The van der Waals surface area contributed by atoms with Gasteiger partial charge in [0, 0.05) is 26.0 Å². The molecule has 0 aliphatic heterocycles. The Bertz CT molecular complexity index is 282. The first-order valence-corrected chi connectivity index (χ1v) is 5.13. The molecule has 6 N–H and O–H groups in total. The molecule has 0 aromatic carbocycles. The van der Waals surface area contributed by atoms with Crippen molar-refractivity contribution in [3.05, 3.63) is 0 Å². The number of carbonyl (C=O) groups is 3. The number of hydrogen-bond donors (Lipinski definition) is 5. The highest BCUT2D eigenvalue weighted by molar-refractivity contribution is 5.82. The minimum Gasteiger partial charge on any atom is -0.480 e. The van der Waals surface area contributed by atoms with E-state index in [0.717, 1.165) is 0 Å². The standard InChI is InChI=1S/C9H17N3O5/c10-7(14)2-1-4-11-9(17)12-6(3-5-13)8(15)16/h6,13H,1-5H2,(H2,10,14)(H,15,16)(H2,11,12,17). The van der Waals surface area contributed by atoms with Crippen LogP contribution in [0, 0.1) is 0 Å². The summed E-state index contributed by atoms with van der Waals surface area (Å²) in [5, 5.41) is 21.8. The molecule has 0 aliphatic carbocycles. The summed E-state index contributed by atoms with van der Waals surface area (Å²) < 4.78 is 0. The number of hydrogen-bond acceptors (Lipinski definition) is 4. The summed E-state index contributed by atoms with van der Waals surface area (Å²) in [4.78, 5) is 32.2. The van der Waals surface area contributed by atoms with Crippen LogP contribution in [0.4, 0.5) is 4.79 Å². The summed E-state index contributed by atoms with van der Waals surface area (Å²) >= 11 is 0. The van der Waals surface area contributed by atoms with Crippen molar-refractivity contribution in [2.45, 2.75) is 25.3 Å². The Morgan fingerprint density at radius 2 is 1.94 bits per heavy atom.